The predicted octanol–water partition coefficient (Wildman–Crippen LogP) is 4.91. The highest BCUT2D eigenvalue weighted by atomic mass is 32.2. The van der Waals surface area contributed by atoms with Crippen molar-refractivity contribution < 1.29 is 17.9 Å². The lowest BCUT2D eigenvalue weighted by Crippen LogP contribution is -2.63. The summed E-state index contributed by atoms with van der Waals surface area (Å²) in [5.41, 5.74) is 0.932. The van der Waals surface area contributed by atoms with Crippen LogP contribution in [-0.4, -0.2) is 44.7 Å². The van der Waals surface area contributed by atoms with E-state index in [-0.39, 0.29) is 16.9 Å². The van der Waals surface area contributed by atoms with Gasteiger partial charge in [0.15, 0.2) is 0 Å². The second-order valence-electron chi connectivity index (χ2n) is 12.2. The number of ether oxygens (including phenoxy) is 1. The molecule has 4 fully saturated rings. The van der Waals surface area contributed by atoms with E-state index in [1.165, 1.54) is 19.3 Å². The molecular weight excluding hydrogens is 448 g/mol. The van der Waals surface area contributed by atoms with Gasteiger partial charge in [0.25, 0.3) is 0 Å². The van der Waals surface area contributed by atoms with Crippen molar-refractivity contribution in [2.45, 2.75) is 77.9 Å². The molecule has 0 spiro atoms. The van der Waals surface area contributed by atoms with Gasteiger partial charge in [0, 0.05) is 30.6 Å². The van der Waals surface area contributed by atoms with Crippen LogP contribution in [0.25, 0.3) is 0 Å². The Hall–Kier alpha value is -1.76. The Kier molecular flexibility index (Phi) is 5.74. The number of benzene rings is 1. The number of anilines is 1. The van der Waals surface area contributed by atoms with E-state index >= 15 is 0 Å². The first-order chi connectivity index (χ1) is 15.9. The number of nitrogens with zero attached hydrogens (tertiary/aromatic N) is 1. The molecule has 3 aliphatic carbocycles. The van der Waals surface area contributed by atoms with Crippen LogP contribution in [0.15, 0.2) is 24.3 Å². The lowest BCUT2D eigenvalue weighted by molar-refractivity contribution is -0.168. The quantitative estimate of drug-likeness (QED) is 0.653. The number of rotatable bonds is 4. The van der Waals surface area contributed by atoms with E-state index in [0.29, 0.717) is 47.7 Å². The van der Waals surface area contributed by atoms with Gasteiger partial charge in [-0.3, -0.25) is 9.52 Å². The number of likely N-dealkylation sites (tertiary alicyclic amines) is 1. The van der Waals surface area contributed by atoms with E-state index in [9.17, 15) is 13.2 Å². The molecule has 0 bridgehead atoms. The zero-order valence-electron chi connectivity index (χ0n) is 21.2. The topological polar surface area (TPSA) is 75.7 Å². The van der Waals surface area contributed by atoms with E-state index in [4.69, 9.17) is 4.74 Å². The fraction of sp³-hybridized carbons (Fsp3) is 0.741. The van der Waals surface area contributed by atoms with Gasteiger partial charge in [-0.1, -0.05) is 20.8 Å². The molecule has 1 amide bonds. The second-order valence-corrected chi connectivity index (χ2v) is 13.9. The smallest absolute Gasteiger partial charge is 0.229 e. The van der Waals surface area contributed by atoms with Crippen molar-refractivity contribution in [3.8, 4) is 5.75 Å². The van der Waals surface area contributed by atoms with Gasteiger partial charge in [-0.15, -0.1) is 0 Å². The number of carbonyl (C=O) groups excluding carboxylic acids is 1. The average molecular weight is 489 g/mol. The highest BCUT2D eigenvalue weighted by Crippen LogP contribution is 2.66. The van der Waals surface area contributed by atoms with Gasteiger partial charge in [0.2, 0.25) is 15.9 Å². The van der Waals surface area contributed by atoms with Crippen molar-refractivity contribution in [1.29, 1.82) is 0 Å². The fourth-order valence-corrected chi connectivity index (χ4v) is 9.15. The molecule has 34 heavy (non-hydrogen) atoms. The number of piperidine rings is 1. The number of nitrogens with one attached hydrogen (secondary N) is 1. The summed E-state index contributed by atoms with van der Waals surface area (Å²) in [5.74, 6) is 3.76. The van der Waals surface area contributed by atoms with Gasteiger partial charge in [0.1, 0.15) is 11.9 Å². The Labute approximate surface area is 204 Å². The van der Waals surface area contributed by atoms with Crippen LogP contribution in [0.3, 0.4) is 0 Å². The molecule has 1 saturated heterocycles. The first kappa shape index (κ1) is 24.0. The van der Waals surface area contributed by atoms with E-state index in [2.05, 4.69) is 30.4 Å². The van der Waals surface area contributed by atoms with Crippen LogP contribution in [0.5, 0.6) is 5.75 Å². The monoisotopic (exact) mass is 488 g/mol. The highest BCUT2D eigenvalue weighted by Gasteiger charge is 2.63. The number of hydrogen-bond acceptors (Lipinski definition) is 4. The van der Waals surface area contributed by atoms with Crippen LogP contribution < -0.4 is 9.46 Å². The van der Waals surface area contributed by atoms with Gasteiger partial charge in [-0.25, -0.2) is 8.42 Å². The maximum absolute atomic E-state index is 12.5. The molecule has 7 heteroatoms. The molecule has 3 saturated carbocycles. The molecule has 5 rings (SSSR count). The molecule has 0 radical (unpaired) electrons. The van der Waals surface area contributed by atoms with E-state index in [0.717, 1.165) is 31.3 Å². The molecule has 4 aliphatic rings. The van der Waals surface area contributed by atoms with Gasteiger partial charge in [0.05, 0.1) is 6.26 Å². The maximum atomic E-state index is 12.5. The number of fused-ring (bicyclic) bond motifs is 5. The van der Waals surface area contributed by atoms with E-state index in [1.807, 2.05) is 19.2 Å². The number of sulfonamides is 1. The van der Waals surface area contributed by atoms with Crippen LogP contribution in [0.1, 0.15) is 65.7 Å². The minimum Gasteiger partial charge on any atom is -0.490 e. The third-order valence-electron chi connectivity index (χ3n) is 10.3. The molecule has 0 aromatic heterocycles. The zero-order chi connectivity index (χ0) is 24.5. The first-order valence-electron chi connectivity index (χ1n) is 12.9. The highest BCUT2D eigenvalue weighted by molar-refractivity contribution is 7.92. The minimum absolute atomic E-state index is 0.151. The Morgan fingerprint density at radius 2 is 1.71 bits per heavy atom. The van der Waals surface area contributed by atoms with Gasteiger partial charge in [-0.2, -0.15) is 0 Å². The lowest BCUT2D eigenvalue weighted by atomic mass is 9.45. The molecular formula is C27H40N2O4S. The van der Waals surface area contributed by atoms with Crippen molar-refractivity contribution in [2.24, 2.45) is 34.5 Å². The fourth-order valence-electron chi connectivity index (χ4n) is 8.59. The van der Waals surface area contributed by atoms with E-state index in [1.54, 1.807) is 12.1 Å². The number of hydrogen-bond donors (Lipinski definition) is 1. The summed E-state index contributed by atoms with van der Waals surface area (Å²) in [5, 5.41) is 0. The lowest BCUT2D eigenvalue weighted by Gasteiger charge is -2.63. The molecule has 6 nitrogen and oxygen atoms in total. The Morgan fingerprint density at radius 1 is 1.03 bits per heavy atom. The van der Waals surface area contributed by atoms with Crippen molar-refractivity contribution in [3.63, 3.8) is 0 Å². The summed E-state index contributed by atoms with van der Waals surface area (Å²) in [6.07, 6.45) is 8.84. The van der Waals surface area contributed by atoms with Gasteiger partial charge >= 0.3 is 0 Å². The van der Waals surface area contributed by atoms with Crippen LogP contribution >= 0.6 is 0 Å². The summed E-state index contributed by atoms with van der Waals surface area (Å²) in [6.45, 7) is 7.35. The normalized spacial score (nSPS) is 41.9. The maximum Gasteiger partial charge on any atom is 0.229 e. The van der Waals surface area contributed by atoms with Crippen LogP contribution in [0.2, 0.25) is 0 Å². The van der Waals surface area contributed by atoms with Gasteiger partial charge in [-0.05, 0) is 91.9 Å². The Bertz CT molecular complexity index is 1060. The summed E-state index contributed by atoms with van der Waals surface area (Å²) >= 11 is 0. The van der Waals surface area contributed by atoms with Gasteiger partial charge < -0.3 is 9.64 Å². The Balaban J connectivity index is 1.34. The molecule has 1 aromatic carbocycles. The second kappa shape index (κ2) is 8.14. The Morgan fingerprint density at radius 3 is 2.38 bits per heavy atom. The molecule has 1 N–H and O–H groups in total. The third-order valence-corrected chi connectivity index (χ3v) is 10.9. The summed E-state index contributed by atoms with van der Waals surface area (Å²) in [4.78, 5) is 14.5. The summed E-state index contributed by atoms with van der Waals surface area (Å²) in [7, 11) is -1.26. The molecule has 1 aliphatic heterocycles. The summed E-state index contributed by atoms with van der Waals surface area (Å²) < 4.78 is 32.1. The molecule has 8 atom stereocenters. The largest absolute Gasteiger partial charge is 0.490 e. The summed E-state index contributed by atoms with van der Waals surface area (Å²) in [6, 6.07) is 7.67. The van der Waals surface area contributed by atoms with Crippen molar-refractivity contribution >= 4 is 21.6 Å². The standard InChI is InChI=1S/C27H40N2O4S/c1-17-16-22-26(2,15-13-24(30)29(22)4)21-12-14-27(3)20(25(17)21)10-11-23(27)33-19-8-6-18(7-9-19)28-34(5,31)32/h6-9,17,20-23,25,28H,10-16H2,1-5H3/t17?,20-,21+,22?,23?,25-,26+,27-/m0/s1. The van der Waals surface area contributed by atoms with Crippen LogP contribution in [0.4, 0.5) is 5.69 Å². The first-order valence-corrected chi connectivity index (χ1v) is 14.8. The number of carbonyl (C=O) groups is 1. The van der Waals surface area contributed by atoms with E-state index < -0.39 is 10.0 Å². The molecule has 3 unspecified atom stereocenters. The molecule has 188 valence electrons. The van der Waals surface area contributed by atoms with Crippen LogP contribution in [-0.2, 0) is 14.8 Å². The zero-order valence-corrected chi connectivity index (χ0v) is 22.0. The van der Waals surface area contributed by atoms with Crippen LogP contribution in [0, 0.1) is 34.5 Å². The molecule has 1 aromatic rings. The average Bonchev–Trinajstić information content (AvgIpc) is 3.09. The van der Waals surface area contributed by atoms with Crippen molar-refractivity contribution in [1.82, 2.24) is 4.90 Å². The van der Waals surface area contributed by atoms with Crippen molar-refractivity contribution in [3.05, 3.63) is 24.3 Å². The molecule has 1 heterocycles. The minimum atomic E-state index is -3.29. The SMILES string of the molecule is CC1CC2N(C)C(=O)CC[C@]2(C)[C@@H]2CC[C@]3(C)C(Oc4ccc(NS(C)(=O)=O)cc4)CC[C@H]3[C@H]12. The third kappa shape index (κ3) is 3.82. The van der Waals surface area contributed by atoms with Crippen molar-refractivity contribution in [2.75, 3.05) is 18.0 Å². The number of amides is 1. The predicted molar refractivity (Wildman–Crippen MR) is 134 cm³/mol.